The quantitative estimate of drug-likeness (QED) is 0.749. The largest absolute Gasteiger partial charge is 0.466 e. The number of anilines is 2. The number of rotatable bonds is 3. The van der Waals surface area contributed by atoms with Gasteiger partial charge in [0.2, 0.25) is 0 Å². The van der Waals surface area contributed by atoms with Gasteiger partial charge in [-0.1, -0.05) is 0 Å². The van der Waals surface area contributed by atoms with Crippen LogP contribution < -0.4 is 16.8 Å². The molecule has 1 unspecified atom stereocenters. The van der Waals surface area contributed by atoms with Gasteiger partial charge in [-0.3, -0.25) is 4.79 Å². The zero-order valence-corrected chi connectivity index (χ0v) is 11.9. The van der Waals surface area contributed by atoms with Crippen molar-refractivity contribution in [3.63, 3.8) is 0 Å². The molecule has 5 N–H and O–H groups in total. The number of hydrogen-bond acceptors (Lipinski definition) is 4. The lowest BCUT2D eigenvalue weighted by molar-refractivity contribution is 0.0940. The Morgan fingerprint density at radius 3 is 2.50 bits per heavy atom. The predicted octanol–water partition coefficient (Wildman–Crippen LogP) is 2.55. The highest BCUT2D eigenvalue weighted by Gasteiger charge is 2.17. The van der Waals surface area contributed by atoms with Crippen molar-refractivity contribution in [1.29, 1.82) is 0 Å². The van der Waals surface area contributed by atoms with Gasteiger partial charge in [-0.25, -0.2) is 0 Å². The van der Waals surface area contributed by atoms with Crippen LogP contribution in [0.25, 0.3) is 0 Å². The summed E-state index contributed by atoms with van der Waals surface area (Å²) < 4.78 is 5.47. The molecule has 1 heterocycles. The Morgan fingerprint density at radius 2 is 1.95 bits per heavy atom. The molecule has 0 spiro atoms. The lowest BCUT2D eigenvalue weighted by Crippen LogP contribution is -2.27. The number of carbonyl (C=O) groups excluding carboxylic acids is 1. The van der Waals surface area contributed by atoms with Gasteiger partial charge in [0, 0.05) is 16.9 Å². The number of aryl methyl sites for hydroxylation is 2. The monoisotopic (exact) mass is 273 g/mol. The molecule has 0 radical (unpaired) electrons. The van der Waals surface area contributed by atoms with E-state index in [0.29, 0.717) is 16.9 Å². The SMILES string of the molecule is Cc1cc(C(C)NC(=O)c2ccc(N)cc2N)c(C)o1. The molecule has 1 aromatic carbocycles. The van der Waals surface area contributed by atoms with Crippen LogP contribution in [0.3, 0.4) is 0 Å². The van der Waals surface area contributed by atoms with Crippen LogP contribution in [0.2, 0.25) is 0 Å². The molecule has 0 bridgehead atoms. The highest BCUT2D eigenvalue weighted by Crippen LogP contribution is 2.22. The van der Waals surface area contributed by atoms with Gasteiger partial charge in [-0.05, 0) is 45.0 Å². The number of nitrogens with two attached hydrogens (primary N) is 2. The average Bonchev–Trinajstić information content (AvgIpc) is 2.68. The Labute approximate surface area is 117 Å². The molecule has 1 aromatic heterocycles. The number of amides is 1. The van der Waals surface area contributed by atoms with E-state index in [2.05, 4.69) is 5.32 Å². The van der Waals surface area contributed by atoms with E-state index in [-0.39, 0.29) is 11.9 Å². The van der Waals surface area contributed by atoms with Crippen molar-refractivity contribution in [2.45, 2.75) is 26.8 Å². The summed E-state index contributed by atoms with van der Waals surface area (Å²) >= 11 is 0. The number of nitrogen functional groups attached to an aromatic ring is 2. The van der Waals surface area contributed by atoms with Gasteiger partial charge in [-0.15, -0.1) is 0 Å². The van der Waals surface area contributed by atoms with Crippen molar-refractivity contribution in [3.8, 4) is 0 Å². The minimum Gasteiger partial charge on any atom is -0.466 e. The molecule has 0 saturated carbocycles. The van der Waals surface area contributed by atoms with E-state index >= 15 is 0 Å². The molecule has 1 amide bonds. The number of nitrogens with one attached hydrogen (secondary N) is 1. The van der Waals surface area contributed by atoms with Crippen LogP contribution in [-0.4, -0.2) is 5.91 Å². The zero-order chi connectivity index (χ0) is 14.9. The number of furan rings is 1. The minimum atomic E-state index is -0.228. The summed E-state index contributed by atoms with van der Waals surface area (Å²) in [6, 6.07) is 6.62. The van der Waals surface area contributed by atoms with Crippen molar-refractivity contribution in [2.75, 3.05) is 11.5 Å². The summed E-state index contributed by atoms with van der Waals surface area (Å²) in [6.07, 6.45) is 0. The molecule has 0 aliphatic rings. The van der Waals surface area contributed by atoms with E-state index in [0.717, 1.165) is 17.1 Å². The van der Waals surface area contributed by atoms with Crippen molar-refractivity contribution in [1.82, 2.24) is 5.32 Å². The normalized spacial score (nSPS) is 12.2. The second kappa shape index (κ2) is 5.28. The van der Waals surface area contributed by atoms with E-state index in [1.165, 1.54) is 0 Å². The highest BCUT2D eigenvalue weighted by atomic mass is 16.3. The smallest absolute Gasteiger partial charge is 0.253 e. The lowest BCUT2D eigenvalue weighted by Gasteiger charge is -2.14. The van der Waals surface area contributed by atoms with E-state index in [1.54, 1.807) is 18.2 Å². The first-order valence-electron chi connectivity index (χ1n) is 6.41. The van der Waals surface area contributed by atoms with Crippen molar-refractivity contribution in [2.24, 2.45) is 0 Å². The molecule has 5 nitrogen and oxygen atoms in total. The average molecular weight is 273 g/mol. The molecule has 20 heavy (non-hydrogen) atoms. The third kappa shape index (κ3) is 2.77. The summed E-state index contributed by atoms with van der Waals surface area (Å²) in [5.74, 6) is 1.40. The standard InChI is InChI=1S/C15H19N3O2/c1-8-6-13(10(3)20-8)9(2)18-15(19)12-5-4-11(16)7-14(12)17/h4-7,9H,16-17H2,1-3H3,(H,18,19). The van der Waals surface area contributed by atoms with Crippen molar-refractivity contribution in [3.05, 3.63) is 46.9 Å². The Hall–Kier alpha value is -2.43. The van der Waals surface area contributed by atoms with Crippen molar-refractivity contribution < 1.29 is 9.21 Å². The Bertz CT molecular complexity index is 647. The molecule has 0 aliphatic carbocycles. The van der Waals surface area contributed by atoms with Crippen LogP contribution >= 0.6 is 0 Å². The first-order valence-corrected chi connectivity index (χ1v) is 6.41. The maximum Gasteiger partial charge on any atom is 0.253 e. The third-order valence-corrected chi connectivity index (χ3v) is 3.21. The van der Waals surface area contributed by atoms with Gasteiger partial charge in [0.25, 0.3) is 5.91 Å². The lowest BCUT2D eigenvalue weighted by atomic mass is 10.1. The molecule has 106 valence electrons. The fraction of sp³-hybridized carbons (Fsp3) is 0.267. The summed E-state index contributed by atoms with van der Waals surface area (Å²) in [6.45, 7) is 5.66. The first-order chi connectivity index (χ1) is 9.38. The van der Waals surface area contributed by atoms with E-state index in [9.17, 15) is 4.79 Å². The molecule has 2 rings (SSSR count). The maximum atomic E-state index is 12.2. The summed E-state index contributed by atoms with van der Waals surface area (Å²) in [5, 5.41) is 2.91. The fourth-order valence-electron chi connectivity index (χ4n) is 2.22. The number of benzene rings is 1. The van der Waals surface area contributed by atoms with E-state index in [4.69, 9.17) is 15.9 Å². The van der Waals surface area contributed by atoms with Crippen LogP contribution in [0, 0.1) is 13.8 Å². The van der Waals surface area contributed by atoms with Gasteiger partial charge in [0.05, 0.1) is 11.6 Å². The Balaban J connectivity index is 2.17. The van der Waals surface area contributed by atoms with E-state index in [1.807, 2.05) is 26.8 Å². The molecule has 0 saturated heterocycles. The van der Waals surface area contributed by atoms with Crippen LogP contribution in [0.1, 0.15) is 40.4 Å². The van der Waals surface area contributed by atoms with Gasteiger partial charge < -0.3 is 21.2 Å². The summed E-state index contributed by atoms with van der Waals surface area (Å²) in [5.41, 5.74) is 13.7. The highest BCUT2D eigenvalue weighted by molar-refractivity contribution is 5.99. The zero-order valence-electron chi connectivity index (χ0n) is 11.9. The fourth-order valence-corrected chi connectivity index (χ4v) is 2.22. The van der Waals surface area contributed by atoms with Gasteiger partial charge in [0.15, 0.2) is 0 Å². The van der Waals surface area contributed by atoms with Crippen LogP contribution in [0.4, 0.5) is 11.4 Å². The topological polar surface area (TPSA) is 94.3 Å². The molecule has 0 aliphatic heterocycles. The minimum absolute atomic E-state index is 0.156. The molecule has 1 atom stereocenters. The maximum absolute atomic E-state index is 12.2. The van der Waals surface area contributed by atoms with Crippen LogP contribution in [0.15, 0.2) is 28.7 Å². The molecular weight excluding hydrogens is 254 g/mol. The molecular formula is C15H19N3O2. The molecule has 0 fully saturated rings. The first kappa shape index (κ1) is 14.0. The summed E-state index contributed by atoms with van der Waals surface area (Å²) in [7, 11) is 0. The number of carbonyl (C=O) groups is 1. The Kier molecular flexibility index (Phi) is 3.70. The third-order valence-electron chi connectivity index (χ3n) is 3.21. The Morgan fingerprint density at radius 1 is 1.25 bits per heavy atom. The van der Waals surface area contributed by atoms with Gasteiger partial charge in [-0.2, -0.15) is 0 Å². The summed E-state index contributed by atoms with van der Waals surface area (Å²) in [4.78, 5) is 12.2. The molecule has 2 aromatic rings. The predicted molar refractivity (Wildman–Crippen MR) is 79.3 cm³/mol. The van der Waals surface area contributed by atoms with Crippen molar-refractivity contribution >= 4 is 17.3 Å². The number of hydrogen-bond donors (Lipinski definition) is 3. The van der Waals surface area contributed by atoms with E-state index < -0.39 is 0 Å². The second-order valence-electron chi connectivity index (χ2n) is 4.91. The van der Waals surface area contributed by atoms with Gasteiger partial charge in [0.1, 0.15) is 11.5 Å². The van der Waals surface area contributed by atoms with Gasteiger partial charge >= 0.3 is 0 Å². The second-order valence-corrected chi connectivity index (χ2v) is 4.91. The van der Waals surface area contributed by atoms with Crippen LogP contribution in [0.5, 0.6) is 0 Å². The molecule has 5 heteroatoms. The van der Waals surface area contributed by atoms with Crippen LogP contribution in [-0.2, 0) is 0 Å².